The summed E-state index contributed by atoms with van der Waals surface area (Å²) in [5, 5.41) is 2.00. The molecule has 3 aromatic rings. The van der Waals surface area contributed by atoms with Gasteiger partial charge in [0, 0.05) is 16.9 Å². The summed E-state index contributed by atoms with van der Waals surface area (Å²) in [4.78, 5) is 28.0. The summed E-state index contributed by atoms with van der Waals surface area (Å²) in [6.45, 7) is 0.166. The van der Waals surface area contributed by atoms with Gasteiger partial charge in [-0.1, -0.05) is 30.3 Å². The minimum Gasteiger partial charge on any atom is -0.485 e. The third kappa shape index (κ3) is 4.07. The smallest absolute Gasteiger partial charge is 0.328 e. The van der Waals surface area contributed by atoms with E-state index in [1.54, 1.807) is 35.6 Å². The summed E-state index contributed by atoms with van der Waals surface area (Å²) in [6, 6.07) is 16.5. The Bertz CT molecular complexity index is 1040. The van der Waals surface area contributed by atoms with Crippen LogP contribution in [0.1, 0.15) is 16.8 Å². The summed E-state index contributed by atoms with van der Waals surface area (Å²) in [5.41, 5.74) is 1.49. The molecular formula is C23H20FNO4S. The van der Waals surface area contributed by atoms with Crippen LogP contribution in [0, 0.1) is 5.82 Å². The quantitative estimate of drug-likeness (QED) is 0.569. The van der Waals surface area contributed by atoms with E-state index in [1.807, 2.05) is 29.6 Å². The van der Waals surface area contributed by atoms with Gasteiger partial charge >= 0.3 is 5.97 Å². The number of hydrogen-bond donors (Lipinski definition) is 0. The molecule has 0 N–H and O–H groups in total. The molecule has 5 nitrogen and oxygen atoms in total. The van der Waals surface area contributed by atoms with Crippen molar-refractivity contribution in [1.29, 1.82) is 0 Å². The van der Waals surface area contributed by atoms with Crippen LogP contribution < -0.4 is 4.74 Å². The molecular weight excluding hydrogens is 405 g/mol. The van der Waals surface area contributed by atoms with Crippen molar-refractivity contribution in [3.8, 4) is 16.2 Å². The van der Waals surface area contributed by atoms with Crippen molar-refractivity contribution >= 4 is 23.2 Å². The highest BCUT2D eigenvalue weighted by Crippen LogP contribution is 2.28. The second-order valence-corrected chi connectivity index (χ2v) is 7.90. The molecule has 4 rings (SSSR count). The van der Waals surface area contributed by atoms with E-state index in [-0.39, 0.29) is 24.6 Å². The number of esters is 1. The predicted molar refractivity (Wildman–Crippen MR) is 112 cm³/mol. The number of methoxy groups -OCH3 is 1. The number of amides is 1. The van der Waals surface area contributed by atoms with Gasteiger partial charge in [0.15, 0.2) is 11.6 Å². The van der Waals surface area contributed by atoms with Crippen molar-refractivity contribution in [2.75, 3.05) is 13.7 Å². The Morgan fingerprint density at radius 2 is 1.83 bits per heavy atom. The molecule has 2 aromatic carbocycles. The molecule has 7 heteroatoms. The molecule has 0 radical (unpaired) electrons. The number of benzene rings is 2. The van der Waals surface area contributed by atoms with Crippen molar-refractivity contribution in [2.45, 2.75) is 18.6 Å². The molecule has 1 fully saturated rings. The summed E-state index contributed by atoms with van der Waals surface area (Å²) < 4.78 is 24.6. The van der Waals surface area contributed by atoms with E-state index >= 15 is 0 Å². The molecule has 2 heterocycles. The SMILES string of the molecule is COC(=O)[C@H]1C[C@@H](Oc2ccccc2F)CN1C(=O)c1ccc(-c2cccs2)cc1. The standard InChI is InChI=1S/C23H20FNO4S/c1-28-23(27)19-13-17(29-20-6-3-2-5-18(20)24)14-25(19)22(26)16-10-8-15(9-11-16)21-7-4-12-30-21/h2-12,17,19H,13-14H2,1H3/t17-,19-/m1/s1. The number of rotatable bonds is 5. The predicted octanol–water partition coefficient (Wildman–Crippen LogP) is 4.39. The van der Waals surface area contributed by atoms with Gasteiger partial charge in [0.25, 0.3) is 5.91 Å². The maximum absolute atomic E-state index is 13.9. The summed E-state index contributed by atoms with van der Waals surface area (Å²) in [7, 11) is 1.28. The highest BCUT2D eigenvalue weighted by Gasteiger charge is 2.42. The third-order valence-corrected chi connectivity index (χ3v) is 5.98. The largest absolute Gasteiger partial charge is 0.485 e. The fourth-order valence-corrected chi connectivity index (χ4v) is 4.31. The third-order valence-electron chi connectivity index (χ3n) is 5.06. The molecule has 0 aliphatic carbocycles. The lowest BCUT2D eigenvalue weighted by Crippen LogP contribution is -2.41. The lowest BCUT2D eigenvalue weighted by molar-refractivity contribution is -0.145. The molecule has 30 heavy (non-hydrogen) atoms. The van der Waals surface area contributed by atoms with Crippen LogP contribution in [0.15, 0.2) is 66.0 Å². The first-order chi connectivity index (χ1) is 14.6. The number of likely N-dealkylation sites (tertiary alicyclic amines) is 1. The number of thiophene rings is 1. The first kappa shape index (κ1) is 20.1. The van der Waals surface area contributed by atoms with Gasteiger partial charge < -0.3 is 14.4 Å². The second-order valence-electron chi connectivity index (χ2n) is 6.96. The van der Waals surface area contributed by atoms with Crippen LogP contribution in [0.5, 0.6) is 5.75 Å². The average molecular weight is 425 g/mol. The second kappa shape index (κ2) is 8.67. The Kier molecular flexibility index (Phi) is 5.81. The van der Waals surface area contributed by atoms with E-state index in [0.29, 0.717) is 5.56 Å². The van der Waals surface area contributed by atoms with Gasteiger partial charge in [-0.15, -0.1) is 11.3 Å². The summed E-state index contributed by atoms with van der Waals surface area (Å²) in [5.74, 6) is -1.19. The Labute approximate surface area is 177 Å². The fraction of sp³-hybridized carbons (Fsp3) is 0.217. The summed E-state index contributed by atoms with van der Waals surface area (Å²) in [6.07, 6.45) is -0.277. The van der Waals surface area contributed by atoms with Crippen molar-refractivity contribution in [1.82, 2.24) is 4.90 Å². The minimum atomic E-state index is -0.781. The first-order valence-corrected chi connectivity index (χ1v) is 10.4. The van der Waals surface area contributed by atoms with Crippen molar-refractivity contribution in [3.63, 3.8) is 0 Å². The van der Waals surface area contributed by atoms with Crippen LogP contribution in [-0.2, 0) is 9.53 Å². The number of hydrogen-bond acceptors (Lipinski definition) is 5. The van der Waals surface area contributed by atoms with Gasteiger partial charge in [-0.05, 0) is 41.3 Å². The number of nitrogens with zero attached hydrogens (tertiary/aromatic N) is 1. The lowest BCUT2D eigenvalue weighted by Gasteiger charge is -2.22. The van der Waals surface area contributed by atoms with Crippen molar-refractivity contribution in [3.05, 3.63) is 77.4 Å². The average Bonchev–Trinajstić information content (AvgIpc) is 3.45. The Morgan fingerprint density at radius 1 is 1.07 bits per heavy atom. The number of carbonyl (C=O) groups excluding carboxylic acids is 2. The van der Waals surface area contributed by atoms with E-state index in [1.165, 1.54) is 24.1 Å². The van der Waals surface area contributed by atoms with Crippen LogP contribution in [-0.4, -0.2) is 42.6 Å². The van der Waals surface area contributed by atoms with Gasteiger partial charge in [-0.25, -0.2) is 9.18 Å². The number of carbonyl (C=O) groups is 2. The highest BCUT2D eigenvalue weighted by molar-refractivity contribution is 7.13. The number of ether oxygens (including phenoxy) is 2. The van der Waals surface area contributed by atoms with Crippen molar-refractivity contribution < 1.29 is 23.5 Å². The maximum Gasteiger partial charge on any atom is 0.328 e. The van der Waals surface area contributed by atoms with Crippen LogP contribution >= 0.6 is 11.3 Å². The van der Waals surface area contributed by atoms with E-state index in [4.69, 9.17) is 9.47 Å². The molecule has 1 aromatic heterocycles. The molecule has 154 valence electrons. The molecule has 0 bridgehead atoms. The highest BCUT2D eigenvalue weighted by atomic mass is 32.1. The molecule has 1 aliphatic heterocycles. The van der Waals surface area contributed by atoms with E-state index < -0.39 is 23.9 Å². The molecule has 1 saturated heterocycles. The Balaban J connectivity index is 1.53. The zero-order valence-electron chi connectivity index (χ0n) is 16.3. The Morgan fingerprint density at radius 3 is 2.50 bits per heavy atom. The lowest BCUT2D eigenvalue weighted by atomic mass is 10.1. The Hall–Kier alpha value is -3.19. The molecule has 0 unspecified atom stereocenters. The normalized spacial score (nSPS) is 18.3. The zero-order chi connectivity index (χ0) is 21.1. The molecule has 1 aliphatic rings. The van der Waals surface area contributed by atoms with Gasteiger partial charge in [0.1, 0.15) is 12.1 Å². The zero-order valence-corrected chi connectivity index (χ0v) is 17.1. The first-order valence-electron chi connectivity index (χ1n) is 9.50. The van der Waals surface area contributed by atoms with Crippen LogP contribution in [0.3, 0.4) is 0 Å². The van der Waals surface area contributed by atoms with Crippen LogP contribution in [0.4, 0.5) is 4.39 Å². The molecule has 0 spiro atoms. The van der Waals surface area contributed by atoms with Gasteiger partial charge in [-0.3, -0.25) is 4.79 Å². The van der Waals surface area contributed by atoms with Gasteiger partial charge in [-0.2, -0.15) is 0 Å². The molecule has 2 atom stereocenters. The summed E-state index contributed by atoms with van der Waals surface area (Å²) >= 11 is 1.62. The van der Waals surface area contributed by atoms with Crippen LogP contribution in [0.25, 0.3) is 10.4 Å². The maximum atomic E-state index is 13.9. The van der Waals surface area contributed by atoms with Crippen LogP contribution in [0.2, 0.25) is 0 Å². The van der Waals surface area contributed by atoms with Crippen molar-refractivity contribution in [2.24, 2.45) is 0 Å². The van der Waals surface area contributed by atoms with E-state index in [9.17, 15) is 14.0 Å². The van der Waals surface area contributed by atoms with E-state index in [0.717, 1.165) is 10.4 Å². The van der Waals surface area contributed by atoms with E-state index in [2.05, 4.69) is 0 Å². The molecule has 1 amide bonds. The topological polar surface area (TPSA) is 55.8 Å². The van der Waals surface area contributed by atoms with Gasteiger partial charge in [0.05, 0.1) is 13.7 Å². The molecule has 0 saturated carbocycles. The number of para-hydroxylation sites is 1. The number of halogens is 1. The van der Waals surface area contributed by atoms with Gasteiger partial charge in [0.2, 0.25) is 0 Å². The monoisotopic (exact) mass is 425 g/mol. The fourth-order valence-electron chi connectivity index (χ4n) is 3.57. The minimum absolute atomic E-state index is 0.0979.